The number of morpholine rings is 1. The number of amides is 1. The molecule has 3 rings (SSSR count). The highest BCUT2D eigenvalue weighted by atomic mass is 16.5. The van der Waals surface area contributed by atoms with E-state index in [9.17, 15) is 4.79 Å². The third kappa shape index (κ3) is 3.97. The Balaban J connectivity index is 1.64. The summed E-state index contributed by atoms with van der Waals surface area (Å²) in [5.74, 6) is 0.600. The Morgan fingerprint density at radius 1 is 1.21 bits per heavy atom. The minimum atomic E-state index is 0.120. The van der Waals surface area contributed by atoms with E-state index < -0.39 is 0 Å². The number of rotatable bonds is 4. The molecule has 5 heteroatoms. The molecule has 0 aromatic heterocycles. The second-order valence-corrected chi connectivity index (χ2v) is 7.01. The molecule has 5 nitrogen and oxygen atoms in total. The summed E-state index contributed by atoms with van der Waals surface area (Å²) < 4.78 is 5.38. The summed E-state index contributed by atoms with van der Waals surface area (Å²) in [6, 6.07) is 8.25. The van der Waals surface area contributed by atoms with Gasteiger partial charge >= 0.3 is 0 Å². The summed E-state index contributed by atoms with van der Waals surface area (Å²) in [6.07, 6.45) is 2.22. The van der Waals surface area contributed by atoms with Gasteiger partial charge in [-0.05, 0) is 36.5 Å². The third-order valence-electron chi connectivity index (χ3n) is 5.33. The monoisotopic (exact) mass is 331 g/mol. The molecular weight excluding hydrogens is 302 g/mol. The standard InChI is InChI=1S/C19H29N3O2/c1-15-3-2-8-22(18(15)13-20)19(23)17-6-4-16(5-7-17)14-21-9-11-24-12-10-21/h4-7,15,18H,2-3,8-14,20H2,1H3. The smallest absolute Gasteiger partial charge is 0.254 e. The number of likely N-dealkylation sites (tertiary alicyclic amines) is 1. The minimum Gasteiger partial charge on any atom is -0.379 e. The van der Waals surface area contributed by atoms with Crippen LogP contribution in [0.2, 0.25) is 0 Å². The lowest BCUT2D eigenvalue weighted by Crippen LogP contribution is -2.51. The summed E-state index contributed by atoms with van der Waals surface area (Å²) in [6.45, 7) is 8.05. The van der Waals surface area contributed by atoms with Crippen molar-refractivity contribution in [3.05, 3.63) is 35.4 Å². The first-order valence-electron chi connectivity index (χ1n) is 9.09. The topological polar surface area (TPSA) is 58.8 Å². The maximum absolute atomic E-state index is 12.9. The molecule has 0 aliphatic carbocycles. The van der Waals surface area contributed by atoms with Crippen molar-refractivity contribution in [1.29, 1.82) is 0 Å². The lowest BCUT2D eigenvalue weighted by atomic mass is 9.90. The van der Waals surface area contributed by atoms with E-state index in [0.717, 1.165) is 57.8 Å². The summed E-state index contributed by atoms with van der Waals surface area (Å²) in [5.41, 5.74) is 7.94. The van der Waals surface area contributed by atoms with E-state index in [0.29, 0.717) is 12.5 Å². The third-order valence-corrected chi connectivity index (χ3v) is 5.33. The fourth-order valence-corrected chi connectivity index (χ4v) is 3.80. The van der Waals surface area contributed by atoms with Crippen LogP contribution >= 0.6 is 0 Å². The number of hydrogen-bond donors (Lipinski definition) is 1. The van der Waals surface area contributed by atoms with Crippen molar-refractivity contribution in [2.24, 2.45) is 11.7 Å². The van der Waals surface area contributed by atoms with Crippen LogP contribution in [-0.4, -0.2) is 61.1 Å². The number of nitrogens with two attached hydrogens (primary N) is 1. The van der Waals surface area contributed by atoms with Crippen molar-refractivity contribution in [3.8, 4) is 0 Å². The Morgan fingerprint density at radius 3 is 2.58 bits per heavy atom. The normalized spacial score (nSPS) is 25.7. The Kier molecular flexibility index (Phi) is 5.87. The highest BCUT2D eigenvalue weighted by Crippen LogP contribution is 2.24. The summed E-state index contributed by atoms with van der Waals surface area (Å²) in [5, 5.41) is 0. The molecule has 0 bridgehead atoms. The molecule has 2 fully saturated rings. The first-order chi connectivity index (χ1) is 11.7. The average Bonchev–Trinajstić information content (AvgIpc) is 2.62. The lowest BCUT2D eigenvalue weighted by molar-refractivity contribution is 0.0342. The van der Waals surface area contributed by atoms with Crippen molar-refractivity contribution in [3.63, 3.8) is 0 Å². The van der Waals surface area contributed by atoms with Crippen molar-refractivity contribution >= 4 is 5.91 Å². The van der Waals surface area contributed by atoms with Gasteiger partial charge in [0.25, 0.3) is 5.91 Å². The van der Waals surface area contributed by atoms with Crippen molar-refractivity contribution in [2.75, 3.05) is 39.4 Å². The second-order valence-electron chi connectivity index (χ2n) is 7.01. The first kappa shape index (κ1) is 17.4. The molecule has 2 atom stereocenters. The maximum Gasteiger partial charge on any atom is 0.254 e. The van der Waals surface area contributed by atoms with Crippen LogP contribution in [0, 0.1) is 5.92 Å². The Hall–Kier alpha value is -1.43. The van der Waals surface area contributed by atoms with Gasteiger partial charge in [-0.3, -0.25) is 9.69 Å². The minimum absolute atomic E-state index is 0.120. The van der Waals surface area contributed by atoms with E-state index in [4.69, 9.17) is 10.5 Å². The van der Waals surface area contributed by atoms with Crippen LogP contribution in [0.4, 0.5) is 0 Å². The van der Waals surface area contributed by atoms with Crippen LogP contribution in [0.25, 0.3) is 0 Å². The molecule has 1 aromatic rings. The van der Waals surface area contributed by atoms with Gasteiger partial charge in [-0.15, -0.1) is 0 Å². The van der Waals surface area contributed by atoms with E-state index in [1.54, 1.807) is 0 Å². The van der Waals surface area contributed by atoms with Crippen LogP contribution in [-0.2, 0) is 11.3 Å². The Morgan fingerprint density at radius 2 is 1.92 bits per heavy atom. The molecule has 2 unspecified atom stereocenters. The first-order valence-corrected chi connectivity index (χ1v) is 9.09. The zero-order chi connectivity index (χ0) is 16.9. The highest BCUT2D eigenvalue weighted by Gasteiger charge is 2.31. The van der Waals surface area contributed by atoms with E-state index in [2.05, 4.69) is 24.0 Å². The zero-order valence-electron chi connectivity index (χ0n) is 14.6. The van der Waals surface area contributed by atoms with Gasteiger partial charge in [0.1, 0.15) is 0 Å². The van der Waals surface area contributed by atoms with Gasteiger partial charge in [0.05, 0.1) is 13.2 Å². The molecule has 1 amide bonds. The average molecular weight is 331 g/mol. The van der Waals surface area contributed by atoms with Gasteiger partial charge < -0.3 is 15.4 Å². The number of carbonyl (C=O) groups is 1. The van der Waals surface area contributed by atoms with E-state index in [1.807, 2.05) is 17.0 Å². The van der Waals surface area contributed by atoms with Crippen molar-refractivity contribution < 1.29 is 9.53 Å². The predicted molar refractivity (Wildman–Crippen MR) is 94.8 cm³/mol. The maximum atomic E-state index is 12.9. The number of piperidine rings is 1. The number of benzene rings is 1. The molecule has 2 heterocycles. The Labute approximate surface area is 144 Å². The van der Waals surface area contributed by atoms with Gasteiger partial charge in [-0.1, -0.05) is 19.1 Å². The van der Waals surface area contributed by atoms with Crippen LogP contribution < -0.4 is 5.73 Å². The number of nitrogens with zero attached hydrogens (tertiary/aromatic N) is 2. The highest BCUT2D eigenvalue weighted by molar-refractivity contribution is 5.94. The van der Waals surface area contributed by atoms with Gasteiger partial charge in [-0.2, -0.15) is 0 Å². The molecule has 24 heavy (non-hydrogen) atoms. The van der Waals surface area contributed by atoms with Crippen LogP contribution in [0.3, 0.4) is 0 Å². The summed E-state index contributed by atoms with van der Waals surface area (Å²) in [4.78, 5) is 17.2. The van der Waals surface area contributed by atoms with Crippen LogP contribution in [0.15, 0.2) is 24.3 Å². The van der Waals surface area contributed by atoms with Crippen LogP contribution in [0.5, 0.6) is 0 Å². The van der Waals surface area contributed by atoms with Gasteiger partial charge in [0, 0.05) is 44.3 Å². The zero-order valence-corrected chi connectivity index (χ0v) is 14.6. The number of ether oxygens (including phenoxy) is 1. The largest absolute Gasteiger partial charge is 0.379 e. The number of carbonyl (C=O) groups excluding carboxylic acids is 1. The van der Waals surface area contributed by atoms with Gasteiger partial charge in [-0.25, -0.2) is 0 Å². The van der Waals surface area contributed by atoms with Gasteiger partial charge in [0.2, 0.25) is 0 Å². The molecule has 132 valence electrons. The van der Waals surface area contributed by atoms with Gasteiger partial charge in [0.15, 0.2) is 0 Å². The summed E-state index contributed by atoms with van der Waals surface area (Å²) >= 11 is 0. The fourth-order valence-electron chi connectivity index (χ4n) is 3.80. The number of hydrogen-bond acceptors (Lipinski definition) is 4. The predicted octanol–water partition coefficient (Wildman–Crippen LogP) is 1.72. The lowest BCUT2D eigenvalue weighted by Gasteiger charge is -2.39. The molecular formula is C19H29N3O2. The van der Waals surface area contributed by atoms with Crippen molar-refractivity contribution in [1.82, 2.24) is 9.80 Å². The molecule has 0 spiro atoms. The van der Waals surface area contributed by atoms with E-state index in [-0.39, 0.29) is 11.9 Å². The molecule has 2 N–H and O–H groups in total. The molecule has 0 saturated carbocycles. The molecule has 2 aliphatic rings. The molecule has 0 radical (unpaired) electrons. The van der Waals surface area contributed by atoms with Crippen LogP contribution in [0.1, 0.15) is 35.7 Å². The molecule has 2 saturated heterocycles. The molecule has 2 aliphatic heterocycles. The van der Waals surface area contributed by atoms with E-state index >= 15 is 0 Å². The summed E-state index contributed by atoms with van der Waals surface area (Å²) in [7, 11) is 0. The Bertz CT molecular complexity index is 540. The SMILES string of the molecule is CC1CCCN(C(=O)c2ccc(CN3CCOCC3)cc2)C1CN. The second kappa shape index (κ2) is 8.10. The molecule has 1 aromatic carbocycles. The fraction of sp³-hybridized carbons (Fsp3) is 0.632. The quantitative estimate of drug-likeness (QED) is 0.913. The van der Waals surface area contributed by atoms with E-state index in [1.165, 1.54) is 5.56 Å². The van der Waals surface area contributed by atoms with Crippen molar-refractivity contribution in [2.45, 2.75) is 32.4 Å².